The van der Waals surface area contributed by atoms with Crippen LogP contribution >= 0.6 is 0 Å². The molecule has 2 amide bonds. The molecule has 0 spiro atoms. The number of methoxy groups -OCH3 is 1. The van der Waals surface area contributed by atoms with Crippen molar-refractivity contribution in [1.29, 1.82) is 0 Å². The van der Waals surface area contributed by atoms with Crippen LogP contribution in [0.25, 0.3) is 28.1 Å². The second-order valence-electron chi connectivity index (χ2n) is 11.5. The van der Waals surface area contributed by atoms with Gasteiger partial charge in [0, 0.05) is 36.7 Å². The zero-order valence-electron chi connectivity index (χ0n) is 24.5. The highest BCUT2D eigenvalue weighted by Crippen LogP contribution is 2.38. The minimum Gasteiger partial charge on any atom is -0.482 e. The van der Waals surface area contributed by atoms with Crippen LogP contribution in [-0.4, -0.2) is 77.1 Å². The summed E-state index contributed by atoms with van der Waals surface area (Å²) in [4.78, 5) is 36.2. The number of hydrogen-bond donors (Lipinski definition) is 1. The van der Waals surface area contributed by atoms with Gasteiger partial charge in [-0.15, -0.1) is 0 Å². The summed E-state index contributed by atoms with van der Waals surface area (Å²) >= 11 is 0. The lowest BCUT2D eigenvalue weighted by Crippen LogP contribution is -2.44. The van der Waals surface area contributed by atoms with Gasteiger partial charge < -0.3 is 19.9 Å². The van der Waals surface area contributed by atoms with Crippen molar-refractivity contribution in [2.75, 3.05) is 30.8 Å². The molecule has 44 heavy (non-hydrogen) atoms. The molecule has 0 bridgehead atoms. The maximum atomic E-state index is 13.8. The summed E-state index contributed by atoms with van der Waals surface area (Å²) in [5, 5.41) is 0.639. The Bertz CT molecular complexity index is 1900. The number of rotatable bonds is 9. The van der Waals surface area contributed by atoms with E-state index in [-0.39, 0.29) is 22.6 Å². The van der Waals surface area contributed by atoms with E-state index < -0.39 is 28.4 Å². The monoisotopic (exact) mass is 629 g/mol. The van der Waals surface area contributed by atoms with Crippen LogP contribution in [-0.2, 0) is 21.4 Å². The second kappa shape index (κ2) is 11.0. The summed E-state index contributed by atoms with van der Waals surface area (Å²) in [6.07, 6.45) is 4.03. The van der Waals surface area contributed by atoms with Crippen LogP contribution < -0.4 is 14.8 Å². The number of aryl methyl sites for hydroxylation is 1. The summed E-state index contributed by atoms with van der Waals surface area (Å²) in [6.45, 7) is -0.126. The number of ether oxygens (including phenoxy) is 1. The molecular formula is C29H33F2N7O5S. The van der Waals surface area contributed by atoms with Gasteiger partial charge in [0.25, 0.3) is 5.91 Å². The van der Waals surface area contributed by atoms with Crippen molar-refractivity contribution >= 4 is 44.3 Å². The fourth-order valence-corrected chi connectivity index (χ4v) is 6.69. The molecule has 0 aromatic carbocycles. The number of fused-ring (bicyclic) bond motifs is 2. The average Bonchev–Trinajstić information content (AvgIpc) is 3.65. The van der Waals surface area contributed by atoms with E-state index in [9.17, 15) is 26.8 Å². The first-order chi connectivity index (χ1) is 20.9. The third-order valence-electron chi connectivity index (χ3n) is 8.35. The average molecular weight is 630 g/mol. The number of aromatic nitrogens is 4. The number of nitrogens with two attached hydrogens (primary N) is 1. The fraction of sp³-hybridized carbons (Fsp3) is 0.448. The Morgan fingerprint density at radius 3 is 2.55 bits per heavy atom. The molecule has 2 N–H and O–H groups in total. The number of piperidine rings is 1. The number of sulfonamides is 1. The first kappa shape index (κ1) is 29.8. The van der Waals surface area contributed by atoms with Gasteiger partial charge in [-0.1, -0.05) is 0 Å². The molecule has 1 saturated carbocycles. The molecule has 2 fully saturated rings. The number of imidazole rings is 1. The molecule has 1 aliphatic heterocycles. The zero-order chi connectivity index (χ0) is 31.5. The summed E-state index contributed by atoms with van der Waals surface area (Å²) in [5.74, 6) is -0.702. The van der Waals surface area contributed by atoms with Crippen molar-refractivity contribution in [1.82, 2.24) is 23.8 Å². The van der Waals surface area contributed by atoms with Crippen molar-refractivity contribution in [3.05, 3.63) is 41.6 Å². The topological polar surface area (TPSA) is 145 Å². The second-order valence-corrected chi connectivity index (χ2v) is 13.4. The Hall–Kier alpha value is -4.27. The molecule has 2 aliphatic rings. The van der Waals surface area contributed by atoms with Crippen molar-refractivity contribution in [2.24, 2.45) is 17.6 Å². The quantitative estimate of drug-likeness (QED) is 0.279. The standard InChI is InChI=1S/C29H33F2N7O5S/c1-16-25(33-23-12-20(13-24(43-2)37(16)23)28(40)35-10-4-5-19(15-35)26(32)39)21-11-18-8-9-22(38(29(30)31)44(3,41)42)34-27(18)36(21)14-17-6-7-17/h8-9,11-13,17,19,29H,4-7,10,14-15H2,1-3H3,(H2,32,39). The van der Waals surface area contributed by atoms with Crippen LogP contribution in [0, 0.1) is 18.8 Å². The maximum absolute atomic E-state index is 13.8. The number of carbonyl (C=O) groups is 2. The van der Waals surface area contributed by atoms with E-state index in [4.69, 9.17) is 15.5 Å². The molecule has 1 saturated heterocycles. The predicted molar refractivity (Wildman–Crippen MR) is 159 cm³/mol. The van der Waals surface area contributed by atoms with Gasteiger partial charge in [-0.2, -0.15) is 13.1 Å². The van der Waals surface area contributed by atoms with Crippen LogP contribution in [0.3, 0.4) is 0 Å². The number of likely N-dealkylation sites (tertiary alicyclic amines) is 1. The van der Waals surface area contributed by atoms with Crippen molar-refractivity contribution in [2.45, 2.75) is 45.7 Å². The molecule has 0 radical (unpaired) electrons. The maximum Gasteiger partial charge on any atom is 0.329 e. The predicted octanol–water partition coefficient (Wildman–Crippen LogP) is 3.40. The number of hydrogen-bond acceptors (Lipinski definition) is 7. The van der Waals surface area contributed by atoms with Crippen molar-refractivity contribution in [3.8, 4) is 17.3 Å². The van der Waals surface area contributed by atoms with Crippen molar-refractivity contribution in [3.63, 3.8) is 0 Å². The number of alkyl halides is 2. The Morgan fingerprint density at radius 2 is 1.91 bits per heavy atom. The molecule has 1 aliphatic carbocycles. The highest BCUT2D eigenvalue weighted by atomic mass is 32.2. The molecule has 4 aromatic heterocycles. The summed E-state index contributed by atoms with van der Waals surface area (Å²) in [6, 6.07) is 8.01. The van der Waals surface area contributed by atoms with E-state index in [2.05, 4.69) is 4.98 Å². The summed E-state index contributed by atoms with van der Waals surface area (Å²) in [5.41, 5.74) is 8.67. The van der Waals surface area contributed by atoms with Gasteiger partial charge in [-0.3, -0.25) is 14.0 Å². The molecule has 1 unspecified atom stereocenters. The Balaban J connectivity index is 1.46. The minimum atomic E-state index is -4.29. The van der Waals surface area contributed by atoms with Gasteiger partial charge in [-0.25, -0.2) is 18.4 Å². The summed E-state index contributed by atoms with van der Waals surface area (Å²) in [7, 11) is -2.79. The Labute approximate surface area is 252 Å². The van der Waals surface area contributed by atoms with E-state index in [0.717, 1.165) is 12.8 Å². The number of anilines is 1. The lowest BCUT2D eigenvalue weighted by atomic mass is 9.97. The minimum absolute atomic E-state index is 0.00807. The lowest BCUT2D eigenvalue weighted by molar-refractivity contribution is -0.123. The smallest absolute Gasteiger partial charge is 0.329 e. The molecule has 1 atom stereocenters. The van der Waals surface area contributed by atoms with Gasteiger partial charge in [0.15, 0.2) is 5.88 Å². The highest BCUT2D eigenvalue weighted by Gasteiger charge is 2.32. The number of halogens is 2. The zero-order valence-corrected chi connectivity index (χ0v) is 25.4. The van der Waals surface area contributed by atoms with Gasteiger partial charge in [-0.05, 0) is 62.8 Å². The summed E-state index contributed by atoms with van der Waals surface area (Å²) < 4.78 is 61.3. The molecule has 15 heteroatoms. The van der Waals surface area contributed by atoms with E-state index in [1.807, 2.05) is 17.6 Å². The van der Waals surface area contributed by atoms with Crippen LogP contribution in [0.1, 0.15) is 41.7 Å². The lowest BCUT2D eigenvalue weighted by Gasteiger charge is -2.31. The van der Waals surface area contributed by atoms with Gasteiger partial charge in [0.2, 0.25) is 15.9 Å². The Morgan fingerprint density at radius 1 is 1.16 bits per heavy atom. The van der Waals surface area contributed by atoms with Crippen LogP contribution in [0.5, 0.6) is 5.88 Å². The third-order valence-corrected chi connectivity index (χ3v) is 9.42. The van der Waals surface area contributed by atoms with Gasteiger partial charge in [0.1, 0.15) is 22.8 Å². The SMILES string of the molecule is COc1cc(C(=O)N2CCCC(C(N)=O)C2)cc2nc(-c3cc4ccc(N(C(F)F)S(C)(=O)=O)nc4n3CC3CC3)c(C)n12. The van der Waals surface area contributed by atoms with Crippen molar-refractivity contribution < 1.29 is 31.5 Å². The number of amides is 2. The fourth-order valence-electron chi connectivity index (χ4n) is 5.96. The molecule has 12 nitrogen and oxygen atoms in total. The van der Waals surface area contributed by atoms with E-state index >= 15 is 0 Å². The van der Waals surface area contributed by atoms with Crippen LogP contribution in [0.2, 0.25) is 0 Å². The van der Waals surface area contributed by atoms with E-state index in [1.54, 1.807) is 27.5 Å². The Kier molecular flexibility index (Phi) is 7.46. The number of carbonyl (C=O) groups excluding carboxylic acids is 2. The third kappa shape index (κ3) is 5.33. The largest absolute Gasteiger partial charge is 0.482 e. The molecule has 4 aromatic rings. The van der Waals surface area contributed by atoms with Crippen LogP contribution in [0.4, 0.5) is 14.6 Å². The number of primary amides is 1. The first-order valence-corrected chi connectivity index (χ1v) is 16.2. The van der Waals surface area contributed by atoms with Crippen LogP contribution in [0.15, 0.2) is 30.3 Å². The number of nitrogens with zero attached hydrogens (tertiary/aromatic N) is 6. The van der Waals surface area contributed by atoms with E-state index in [1.165, 1.54) is 13.2 Å². The van der Waals surface area contributed by atoms with Gasteiger partial charge in [0.05, 0.1) is 30.7 Å². The molecule has 5 heterocycles. The van der Waals surface area contributed by atoms with E-state index in [0.29, 0.717) is 83.3 Å². The highest BCUT2D eigenvalue weighted by molar-refractivity contribution is 7.92. The molecule has 234 valence electrons. The number of pyridine rings is 2. The normalized spacial score (nSPS) is 17.5. The molecule has 6 rings (SSSR count). The first-order valence-electron chi connectivity index (χ1n) is 14.3. The van der Waals surface area contributed by atoms with Gasteiger partial charge >= 0.3 is 6.55 Å². The molecular weight excluding hydrogens is 596 g/mol.